The van der Waals surface area contributed by atoms with Crippen LogP contribution in [-0.2, 0) is 13.5 Å². The Bertz CT molecular complexity index is 1260. The summed E-state index contributed by atoms with van der Waals surface area (Å²) in [7, 11) is 2.15. The first-order valence-electron chi connectivity index (χ1n) is 11.5. The van der Waals surface area contributed by atoms with Gasteiger partial charge in [-0.05, 0) is 54.4 Å². The van der Waals surface area contributed by atoms with E-state index in [2.05, 4.69) is 96.6 Å². The maximum absolute atomic E-state index is 6.44. The van der Waals surface area contributed by atoms with Crippen molar-refractivity contribution >= 4 is 22.1 Å². The maximum atomic E-state index is 6.44. The molecule has 3 nitrogen and oxygen atoms in total. The molecule has 0 fully saturated rings. The average Bonchev–Trinajstić information content (AvgIpc) is 3.05. The molecule has 0 N–H and O–H groups in total. The number of nitrogens with zero attached hydrogens (tertiary/aromatic N) is 2. The summed E-state index contributed by atoms with van der Waals surface area (Å²) in [6.45, 7) is 15.7. The fourth-order valence-corrected chi connectivity index (χ4v) is 4.59. The minimum absolute atomic E-state index is 0.374. The number of aromatic nitrogens is 2. The van der Waals surface area contributed by atoms with Gasteiger partial charge in [0.1, 0.15) is 7.05 Å². The largest absolute Gasteiger partial charge is 0.437 e. The summed E-state index contributed by atoms with van der Waals surface area (Å²) in [6, 6.07) is 11.0. The molecule has 0 aliphatic rings. The van der Waals surface area contributed by atoms with Crippen LogP contribution in [0.25, 0.3) is 33.3 Å². The standard InChI is InChI=1S/C28H35N2O/c1-16(2)13-20-15-30(8)25(14-23(20)17(3)4)26-19(7)9-10-21-22-11-12-24(18(5)6)29-28(22)31-27(21)26/h9-12,14-18H,13H2,1-8H3/q+1. The fraction of sp³-hybridized carbons (Fsp3) is 0.429. The zero-order chi connectivity index (χ0) is 22.4. The highest BCUT2D eigenvalue weighted by atomic mass is 16.3. The molecule has 3 heterocycles. The van der Waals surface area contributed by atoms with Crippen molar-refractivity contribution in [2.24, 2.45) is 13.0 Å². The highest BCUT2D eigenvalue weighted by Gasteiger charge is 2.24. The van der Waals surface area contributed by atoms with Gasteiger partial charge in [-0.15, -0.1) is 0 Å². The van der Waals surface area contributed by atoms with E-state index in [1.807, 2.05) is 0 Å². The molecular weight excluding hydrogens is 380 g/mol. The van der Waals surface area contributed by atoms with Gasteiger partial charge >= 0.3 is 0 Å². The molecule has 0 radical (unpaired) electrons. The Morgan fingerprint density at radius 3 is 2.29 bits per heavy atom. The highest BCUT2D eigenvalue weighted by molar-refractivity contribution is 6.08. The van der Waals surface area contributed by atoms with Crippen LogP contribution in [0.15, 0.2) is 40.9 Å². The normalized spacial score (nSPS) is 12.2. The predicted molar refractivity (Wildman–Crippen MR) is 130 cm³/mol. The minimum Gasteiger partial charge on any atom is -0.437 e. The van der Waals surface area contributed by atoms with Crippen LogP contribution >= 0.6 is 0 Å². The Morgan fingerprint density at radius 2 is 1.65 bits per heavy atom. The van der Waals surface area contributed by atoms with Gasteiger partial charge in [0, 0.05) is 28.1 Å². The molecule has 0 amide bonds. The maximum Gasteiger partial charge on any atom is 0.227 e. The quantitative estimate of drug-likeness (QED) is 0.322. The van der Waals surface area contributed by atoms with E-state index in [-0.39, 0.29) is 0 Å². The molecule has 31 heavy (non-hydrogen) atoms. The Balaban J connectivity index is 2.00. The first kappa shape index (κ1) is 21.5. The second-order valence-corrected chi connectivity index (χ2v) is 9.98. The van der Waals surface area contributed by atoms with E-state index in [1.165, 1.54) is 27.9 Å². The Labute approximate surface area is 186 Å². The molecule has 1 aromatic carbocycles. The van der Waals surface area contributed by atoms with Crippen LogP contribution in [-0.4, -0.2) is 4.98 Å². The number of fused-ring (bicyclic) bond motifs is 3. The molecule has 0 aliphatic carbocycles. The van der Waals surface area contributed by atoms with Gasteiger partial charge in [0.15, 0.2) is 11.8 Å². The molecule has 0 unspecified atom stereocenters. The Kier molecular flexibility index (Phi) is 5.63. The van der Waals surface area contributed by atoms with E-state index in [4.69, 9.17) is 9.40 Å². The molecule has 162 valence electrons. The van der Waals surface area contributed by atoms with E-state index in [0.29, 0.717) is 17.8 Å². The molecular formula is C28H35N2O+. The van der Waals surface area contributed by atoms with Gasteiger partial charge < -0.3 is 4.42 Å². The molecule has 3 aromatic heterocycles. The molecule has 4 rings (SSSR count). The molecule has 3 heteroatoms. The van der Waals surface area contributed by atoms with E-state index in [1.54, 1.807) is 0 Å². The molecule has 4 aromatic rings. The number of pyridine rings is 2. The molecule has 0 spiro atoms. The first-order chi connectivity index (χ1) is 14.7. The molecule has 0 bridgehead atoms. The van der Waals surface area contributed by atoms with E-state index >= 15 is 0 Å². The second kappa shape index (κ2) is 8.11. The fourth-order valence-electron chi connectivity index (χ4n) is 4.59. The van der Waals surface area contributed by atoms with Crippen molar-refractivity contribution in [3.8, 4) is 11.3 Å². The summed E-state index contributed by atoms with van der Waals surface area (Å²) >= 11 is 0. The van der Waals surface area contributed by atoms with Gasteiger partial charge in [-0.1, -0.05) is 53.7 Å². The summed E-state index contributed by atoms with van der Waals surface area (Å²) in [5.74, 6) is 1.47. The van der Waals surface area contributed by atoms with Crippen molar-refractivity contribution < 1.29 is 8.98 Å². The molecule has 0 saturated heterocycles. The van der Waals surface area contributed by atoms with Crippen LogP contribution < -0.4 is 4.57 Å². The monoisotopic (exact) mass is 415 g/mol. The van der Waals surface area contributed by atoms with Gasteiger partial charge in [0.05, 0.1) is 5.56 Å². The minimum atomic E-state index is 0.374. The lowest BCUT2D eigenvalue weighted by molar-refractivity contribution is -0.660. The van der Waals surface area contributed by atoms with Crippen molar-refractivity contribution in [1.82, 2.24) is 4.98 Å². The zero-order valence-electron chi connectivity index (χ0n) is 20.2. The second-order valence-electron chi connectivity index (χ2n) is 9.98. The lowest BCUT2D eigenvalue weighted by atomic mass is 9.90. The third-order valence-electron chi connectivity index (χ3n) is 6.23. The summed E-state index contributed by atoms with van der Waals surface area (Å²) in [4.78, 5) is 4.82. The predicted octanol–water partition coefficient (Wildman–Crippen LogP) is 7.23. The van der Waals surface area contributed by atoms with Crippen molar-refractivity contribution in [2.45, 2.75) is 66.7 Å². The Hall–Kier alpha value is -2.68. The number of aryl methyl sites for hydroxylation is 2. The summed E-state index contributed by atoms with van der Waals surface area (Å²) < 4.78 is 8.70. The van der Waals surface area contributed by atoms with Gasteiger partial charge in [-0.25, -0.2) is 9.55 Å². The molecule has 0 aliphatic heterocycles. The van der Waals surface area contributed by atoms with Gasteiger partial charge in [-0.2, -0.15) is 0 Å². The van der Waals surface area contributed by atoms with Gasteiger partial charge in [0.2, 0.25) is 11.4 Å². The van der Waals surface area contributed by atoms with Crippen LogP contribution in [0.4, 0.5) is 0 Å². The van der Waals surface area contributed by atoms with Gasteiger partial charge in [-0.3, -0.25) is 0 Å². The van der Waals surface area contributed by atoms with Crippen molar-refractivity contribution in [1.29, 1.82) is 0 Å². The van der Waals surface area contributed by atoms with Gasteiger partial charge in [0.25, 0.3) is 0 Å². The van der Waals surface area contributed by atoms with E-state index in [9.17, 15) is 0 Å². The third kappa shape index (κ3) is 3.86. The van der Waals surface area contributed by atoms with Crippen LogP contribution in [0.2, 0.25) is 0 Å². The lowest BCUT2D eigenvalue weighted by Gasteiger charge is -2.15. The van der Waals surface area contributed by atoms with E-state index < -0.39 is 0 Å². The highest BCUT2D eigenvalue weighted by Crippen LogP contribution is 2.37. The summed E-state index contributed by atoms with van der Waals surface area (Å²) in [5.41, 5.74) is 9.18. The number of hydrogen-bond donors (Lipinski definition) is 0. The number of rotatable bonds is 5. The average molecular weight is 416 g/mol. The van der Waals surface area contributed by atoms with Crippen LogP contribution in [0.1, 0.15) is 75.8 Å². The summed E-state index contributed by atoms with van der Waals surface area (Å²) in [5, 5.41) is 2.22. The van der Waals surface area contributed by atoms with Crippen molar-refractivity contribution in [2.75, 3.05) is 0 Å². The number of furan rings is 1. The Morgan fingerprint density at radius 1 is 0.935 bits per heavy atom. The third-order valence-corrected chi connectivity index (χ3v) is 6.23. The van der Waals surface area contributed by atoms with Crippen molar-refractivity contribution in [3.05, 3.63) is 58.9 Å². The SMILES string of the molecule is Cc1ccc2c(oc3nc(C(C)C)ccc32)c1-c1cc(C(C)C)c(CC(C)C)c[n+]1C. The van der Waals surface area contributed by atoms with Crippen LogP contribution in [0, 0.1) is 12.8 Å². The molecule has 0 saturated carbocycles. The summed E-state index contributed by atoms with van der Waals surface area (Å²) in [6.07, 6.45) is 3.41. The topological polar surface area (TPSA) is 29.9 Å². The van der Waals surface area contributed by atoms with Crippen molar-refractivity contribution in [3.63, 3.8) is 0 Å². The smallest absolute Gasteiger partial charge is 0.227 e. The number of benzene rings is 1. The molecule has 0 atom stereocenters. The lowest BCUT2D eigenvalue weighted by Crippen LogP contribution is -2.32. The zero-order valence-corrected chi connectivity index (χ0v) is 20.2. The van der Waals surface area contributed by atoms with E-state index in [0.717, 1.165) is 34.2 Å². The number of hydrogen-bond acceptors (Lipinski definition) is 2. The first-order valence-corrected chi connectivity index (χ1v) is 11.5. The van der Waals surface area contributed by atoms with Crippen LogP contribution in [0.3, 0.4) is 0 Å². The van der Waals surface area contributed by atoms with Crippen LogP contribution in [0.5, 0.6) is 0 Å².